The van der Waals surface area contributed by atoms with E-state index in [1.807, 2.05) is 75.4 Å². The first-order valence-electron chi connectivity index (χ1n) is 11.8. The molecule has 7 nitrogen and oxygen atoms in total. The molecule has 2 heterocycles. The van der Waals surface area contributed by atoms with E-state index in [1.165, 1.54) is 0 Å². The van der Waals surface area contributed by atoms with E-state index in [9.17, 15) is 18.0 Å². The molecule has 1 aliphatic rings. The highest BCUT2D eigenvalue weighted by atomic mass is 32.2. The second kappa shape index (κ2) is 10.2. The summed E-state index contributed by atoms with van der Waals surface area (Å²) in [5.74, 6) is -0.961. The van der Waals surface area contributed by atoms with Gasteiger partial charge in [0.25, 0.3) is 5.91 Å². The molecule has 2 atom stereocenters. The van der Waals surface area contributed by atoms with Gasteiger partial charge in [-0.15, -0.1) is 0 Å². The lowest BCUT2D eigenvalue weighted by Crippen LogP contribution is -2.48. The number of benzene rings is 2. The van der Waals surface area contributed by atoms with Gasteiger partial charge in [0.15, 0.2) is 16.4 Å². The van der Waals surface area contributed by atoms with Gasteiger partial charge in [-0.3, -0.25) is 4.79 Å². The normalized spacial score (nSPS) is 17.7. The van der Waals surface area contributed by atoms with Crippen molar-refractivity contribution < 1.29 is 22.7 Å². The fourth-order valence-electron chi connectivity index (χ4n) is 4.72. The second-order valence-electron chi connectivity index (χ2n) is 9.03. The summed E-state index contributed by atoms with van der Waals surface area (Å²) in [6.45, 7) is 5.21. The molecule has 0 spiro atoms. The Morgan fingerprint density at radius 1 is 1.11 bits per heavy atom. The summed E-state index contributed by atoms with van der Waals surface area (Å²) >= 11 is 0. The monoisotopic (exact) mass is 494 g/mol. The van der Waals surface area contributed by atoms with Crippen LogP contribution in [0.2, 0.25) is 0 Å². The molecule has 8 heteroatoms. The van der Waals surface area contributed by atoms with E-state index in [4.69, 9.17) is 9.72 Å². The van der Waals surface area contributed by atoms with E-state index < -0.39 is 28.5 Å². The van der Waals surface area contributed by atoms with Crippen molar-refractivity contribution in [2.24, 2.45) is 0 Å². The van der Waals surface area contributed by atoms with Gasteiger partial charge >= 0.3 is 5.97 Å². The van der Waals surface area contributed by atoms with E-state index in [2.05, 4.69) is 0 Å². The SMILES string of the molecule is CC[C@H](C)N(C(=O)COC(=O)c1c(C)c(-c2ccccc2)nc2ccccc12)[C@@H]1CCS(=O)(=O)C1. The lowest BCUT2D eigenvalue weighted by atomic mass is 9.98. The first kappa shape index (κ1) is 24.9. The zero-order valence-electron chi connectivity index (χ0n) is 20.2. The maximum absolute atomic E-state index is 13.3. The van der Waals surface area contributed by atoms with E-state index in [1.54, 1.807) is 4.90 Å². The summed E-state index contributed by atoms with van der Waals surface area (Å²) in [7, 11) is -3.16. The van der Waals surface area contributed by atoms with Crippen molar-refractivity contribution in [3.63, 3.8) is 0 Å². The molecule has 0 N–H and O–H groups in total. The number of rotatable bonds is 7. The number of esters is 1. The predicted octanol–water partition coefficient (Wildman–Crippen LogP) is 4.18. The molecule has 1 saturated heterocycles. The largest absolute Gasteiger partial charge is 0.452 e. The molecule has 0 bridgehead atoms. The van der Waals surface area contributed by atoms with Crippen molar-refractivity contribution in [2.45, 2.75) is 45.7 Å². The number of aromatic nitrogens is 1. The van der Waals surface area contributed by atoms with Gasteiger partial charge in [-0.1, -0.05) is 55.5 Å². The van der Waals surface area contributed by atoms with Crippen molar-refractivity contribution in [2.75, 3.05) is 18.1 Å². The van der Waals surface area contributed by atoms with Crippen LogP contribution < -0.4 is 0 Å². The molecule has 0 unspecified atom stereocenters. The Bertz CT molecular complexity index is 1350. The highest BCUT2D eigenvalue weighted by Crippen LogP contribution is 2.30. The zero-order chi connectivity index (χ0) is 25.2. The minimum absolute atomic E-state index is 0.0500. The summed E-state index contributed by atoms with van der Waals surface area (Å²) in [4.78, 5) is 32.9. The highest BCUT2D eigenvalue weighted by molar-refractivity contribution is 7.91. The summed E-state index contributed by atoms with van der Waals surface area (Å²) in [6, 6.07) is 16.4. The number of amides is 1. The first-order valence-corrected chi connectivity index (χ1v) is 13.7. The van der Waals surface area contributed by atoms with Gasteiger partial charge in [-0.25, -0.2) is 18.2 Å². The minimum atomic E-state index is -3.16. The quantitative estimate of drug-likeness (QED) is 0.458. The number of sulfone groups is 1. The van der Waals surface area contributed by atoms with Crippen molar-refractivity contribution in [1.29, 1.82) is 0 Å². The molecule has 0 saturated carbocycles. The number of carbonyl (C=O) groups excluding carboxylic acids is 2. The molecule has 2 aromatic carbocycles. The Hall–Kier alpha value is -3.26. The summed E-state index contributed by atoms with van der Waals surface area (Å²) in [5.41, 5.74) is 3.27. The third kappa shape index (κ3) is 5.22. The Morgan fingerprint density at radius 2 is 1.80 bits per heavy atom. The van der Waals surface area contributed by atoms with Gasteiger partial charge in [0.2, 0.25) is 0 Å². The van der Waals surface area contributed by atoms with Crippen LogP contribution in [0.4, 0.5) is 0 Å². The number of para-hydroxylation sites is 1. The maximum Gasteiger partial charge on any atom is 0.339 e. The number of fused-ring (bicyclic) bond motifs is 1. The maximum atomic E-state index is 13.3. The molecule has 0 aliphatic carbocycles. The van der Waals surface area contributed by atoms with Crippen LogP contribution in [0.25, 0.3) is 22.2 Å². The van der Waals surface area contributed by atoms with Crippen molar-refractivity contribution in [1.82, 2.24) is 9.88 Å². The molecule has 35 heavy (non-hydrogen) atoms. The zero-order valence-corrected chi connectivity index (χ0v) is 21.0. The number of hydrogen-bond donors (Lipinski definition) is 0. The van der Waals surface area contributed by atoms with Crippen LogP contribution in [0.15, 0.2) is 54.6 Å². The van der Waals surface area contributed by atoms with Crippen LogP contribution in [0, 0.1) is 6.92 Å². The number of carbonyl (C=O) groups is 2. The molecule has 1 aromatic heterocycles. The number of ether oxygens (including phenoxy) is 1. The van der Waals surface area contributed by atoms with Gasteiger partial charge in [0.05, 0.1) is 28.3 Å². The van der Waals surface area contributed by atoms with Crippen LogP contribution in [0.1, 0.15) is 42.6 Å². The smallest absolute Gasteiger partial charge is 0.339 e. The fourth-order valence-corrected chi connectivity index (χ4v) is 6.43. The van der Waals surface area contributed by atoms with E-state index in [0.29, 0.717) is 40.6 Å². The Balaban J connectivity index is 1.62. The number of nitrogens with zero attached hydrogens (tertiary/aromatic N) is 2. The van der Waals surface area contributed by atoms with Crippen LogP contribution >= 0.6 is 0 Å². The third-order valence-electron chi connectivity index (χ3n) is 6.67. The second-order valence-corrected chi connectivity index (χ2v) is 11.3. The molecule has 1 aliphatic heterocycles. The molecular formula is C27H30N2O5S. The van der Waals surface area contributed by atoms with Gasteiger partial charge in [-0.05, 0) is 38.3 Å². The Labute approximate surface area is 206 Å². The Kier molecular flexibility index (Phi) is 7.21. The average molecular weight is 495 g/mol. The van der Waals surface area contributed by atoms with Gasteiger partial charge in [0, 0.05) is 23.0 Å². The molecule has 1 fully saturated rings. The highest BCUT2D eigenvalue weighted by Gasteiger charge is 2.37. The standard InChI is InChI=1S/C27H30N2O5S/c1-4-18(2)29(21-14-15-35(32,33)17-21)24(30)16-34-27(31)25-19(3)26(20-10-6-5-7-11-20)28-23-13-9-8-12-22(23)25/h5-13,18,21H,4,14-17H2,1-3H3/t18-,21+/m0/s1. The average Bonchev–Trinajstić information content (AvgIpc) is 3.21. The van der Waals surface area contributed by atoms with Crippen molar-refractivity contribution >= 4 is 32.6 Å². The minimum Gasteiger partial charge on any atom is -0.452 e. The van der Waals surface area contributed by atoms with Crippen LogP contribution in [-0.2, 0) is 19.4 Å². The van der Waals surface area contributed by atoms with Gasteiger partial charge in [0.1, 0.15) is 0 Å². The van der Waals surface area contributed by atoms with E-state index in [0.717, 1.165) is 5.56 Å². The summed E-state index contributed by atoms with van der Waals surface area (Å²) in [5, 5.41) is 0.655. The lowest BCUT2D eigenvalue weighted by molar-refractivity contribution is -0.138. The first-order chi connectivity index (χ1) is 16.7. The predicted molar refractivity (Wildman–Crippen MR) is 136 cm³/mol. The molecule has 1 amide bonds. The fraction of sp³-hybridized carbons (Fsp3) is 0.370. The topological polar surface area (TPSA) is 93.6 Å². The summed E-state index contributed by atoms with van der Waals surface area (Å²) in [6.07, 6.45) is 1.08. The van der Waals surface area contributed by atoms with Gasteiger partial charge < -0.3 is 9.64 Å². The molecule has 4 rings (SSSR count). The Morgan fingerprint density at radius 3 is 2.46 bits per heavy atom. The molecule has 0 radical (unpaired) electrons. The molecular weight excluding hydrogens is 464 g/mol. The lowest BCUT2D eigenvalue weighted by Gasteiger charge is -2.33. The molecule has 184 valence electrons. The molecule has 3 aromatic rings. The third-order valence-corrected chi connectivity index (χ3v) is 8.42. The van der Waals surface area contributed by atoms with E-state index >= 15 is 0 Å². The van der Waals surface area contributed by atoms with E-state index in [-0.39, 0.29) is 23.5 Å². The number of hydrogen-bond acceptors (Lipinski definition) is 6. The van der Waals surface area contributed by atoms with Crippen LogP contribution in [0.5, 0.6) is 0 Å². The number of pyridine rings is 1. The van der Waals surface area contributed by atoms with Crippen LogP contribution in [0.3, 0.4) is 0 Å². The van der Waals surface area contributed by atoms with Crippen LogP contribution in [-0.4, -0.2) is 60.4 Å². The van der Waals surface area contributed by atoms with Gasteiger partial charge in [-0.2, -0.15) is 0 Å². The van der Waals surface area contributed by atoms with Crippen molar-refractivity contribution in [3.05, 3.63) is 65.7 Å². The van der Waals surface area contributed by atoms with Crippen molar-refractivity contribution in [3.8, 4) is 11.3 Å². The summed E-state index contributed by atoms with van der Waals surface area (Å²) < 4.78 is 29.6.